The van der Waals surface area contributed by atoms with Gasteiger partial charge in [-0.1, -0.05) is 6.07 Å². The summed E-state index contributed by atoms with van der Waals surface area (Å²) in [6.45, 7) is 3.98. The lowest BCUT2D eigenvalue weighted by Gasteiger charge is -2.11. The largest absolute Gasteiger partial charge is 0.479 e. The quantitative estimate of drug-likeness (QED) is 0.506. The summed E-state index contributed by atoms with van der Waals surface area (Å²) < 4.78 is 7.12. The summed E-state index contributed by atoms with van der Waals surface area (Å²) in [4.78, 5) is 18.2. The Bertz CT molecular complexity index is 1180. The van der Waals surface area contributed by atoms with Crippen LogP contribution in [0.25, 0.3) is 21.6 Å². The minimum atomic E-state index is -0.0914. The van der Waals surface area contributed by atoms with Crippen molar-refractivity contribution < 1.29 is 9.53 Å². The summed E-state index contributed by atoms with van der Waals surface area (Å²) in [6, 6.07) is 5.82. The van der Waals surface area contributed by atoms with Crippen molar-refractivity contribution in [3.8, 4) is 16.5 Å². The Morgan fingerprint density at radius 3 is 2.93 bits per heavy atom. The average Bonchev–Trinajstić information content (AvgIpc) is 3.42. The van der Waals surface area contributed by atoms with Crippen LogP contribution in [0, 0.1) is 13.8 Å². The van der Waals surface area contributed by atoms with Crippen LogP contribution in [0.3, 0.4) is 0 Å². The Morgan fingerprint density at radius 2 is 2.21 bits per heavy atom. The van der Waals surface area contributed by atoms with Crippen LogP contribution < -0.4 is 10.1 Å². The van der Waals surface area contributed by atoms with Gasteiger partial charge in [-0.15, -0.1) is 16.4 Å². The highest BCUT2D eigenvalue weighted by Gasteiger charge is 2.18. The highest BCUT2D eigenvalue weighted by molar-refractivity contribution is 7.13. The monoisotopic (exact) mass is 410 g/mol. The summed E-state index contributed by atoms with van der Waals surface area (Å²) in [5, 5.41) is 17.3. The number of methoxy groups -OCH3 is 1. The summed E-state index contributed by atoms with van der Waals surface area (Å²) in [7, 11) is 3.45. The highest BCUT2D eigenvalue weighted by atomic mass is 32.1. The van der Waals surface area contributed by atoms with E-state index < -0.39 is 0 Å². The molecule has 1 amide bonds. The number of hydrogen-bond acceptors (Lipinski definition) is 6. The SMILES string of the molecule is COc1nn(C)c2nc(C)c(CCC(=O)Nc3cc(-c4cccs4)[nH]n3)c(C)c12. The number of carbonyl (C=O) groups is 1. The van der Waals surface area contributed by atoms with Crippen LogP contribution in [-0.2, 0) is 18.3 Å². The second-order valence-corrected chi connectivity index (χ2v) is 7.77. The molecule has 29 heavy (non-hydrogen) atoms. The third kappa shape index (κ3) is 3.61. The van der Waals surface area contributed by atoms with Gasteiger partial charge in [0.1, 0.15) is 0 Å². The number of aromatic nitrogens is 5. The van der Waals surface area contributed by atoms with Gasteiger partial charge in [-0.2, -0.15) is 5.10 Å². The fourth-order valence-electron chi connectivity index (χ4n) is 3.49. The van der Waals surface area contributed by atoms with Crippen LogP contribution in [0.2, 0.25) is 0 Å². The molecule has 0 aromatic carbocycles. The number of amides is 1. The smallest absolute Gasteiger partial charge is 0.242 e. The number of thiophene rings is 1. The summed E-state index contributed by atoms with van der Waals surface area (Å²) in [6.07, 6.45) is 0.908. The van der Waals surface area contributed by atoms with E-state index >= 15 is 0 Å². The maximum atomic E-state index is 12.5. The molecule has 4 heterocycles. The fraction of sp³-hybridized carbons (Fsp3) is 0.300. The molecule has 4 rings (SSSR count). The van der Waals surface area contributed by atoms with Gasteiger partial charge in [0.2, 0.25) is 11.8 Å². The van der Waals surface area contributed by atoms with Crippen molar-refractivity contribution in [2.45, 2.75) is 26.7 Å². The van der Waals surface area contributed by atoms with Gasteiger partial charge in [-0.3, -0.25) is 9.89 Å². The van der Waals surface area contributed by atoms with Crippen LogP contribution in [0.15, 0.2) is 23.6 Å². The standard InChI is InChI=1S/C20H22N6O2S/c1-11-13(12(2)21-19-18(11)20(28-4)25-26(19)3)7-8-17(27)22-16-10-14(23-24-16)15-6-5-9-29-15/h5-6,9-10H,7-8H2,1-4H3,(H2,22,23,24,27). The highest BCUT2D eigenvalue weighted by Crippen LogP contribution is 2.30. The molecule has 2 N–H and O–H groups in total. The Balaban J connectivity index is 1.49. The van der Waals surface area contributed by atoms with E-state index in [9.17, 15) is 4.79 Å². The van der Waals surface area contributed by atoms with E-state index in [1.165, 1.54) is 0 Å². The molecule has 9 heteroatoms. The molecular formula is C20H22N6O2S. The minimum absolute atomic E-state index is 0.0914. The maximum absolute atomic E-state index is 12.5. The number of ether oxygens (including phenoxy) is 1. The number of carbonyl (C=O) groups excluding carboxylic acids is 1. The number of anilines is 1. The number of aromatic amines is 1. The summed E-state index contributed by atoms with van der Waals surface area (Å²) in [5.74, 6) is 0.983. The second kappa shape index (κ2) is 7.67. The first-order chi connectivity index (χ1) is 14.0. The maximum Gasteiger partial charge on any atom is 0.242 e. The topological polar surface area (TPSA) is 97.7 Å². The number of H-pyrrole nitrogens is 1. The molecule has 0 aliphatic carbocycles. The van der Waals surface area contributed by atoms with Gasteiger partial charge in [0.25, 0.3) is 0 Å². The van der Waals surface area contributed by atoms with Gasteiger partial charge in [0.05, 0.1) is 23.1 Å². The molecule has 0 saturated heterocycles. The molecule has 150 valence electrons. The van der Waals surface area contributed by atoms with Crippen molar-refractivity contribution in [1.82, 2.24) is 25.0 Å². The van der Waals surface area contributed by atoms with Crippen LogP contribution in [0.4, 0.5) is 5.82 Å². The number of nitrogens with one attached hydrogen (secondary N) is 2. The first kappa shape index (κ1) is 19.1. The van der Waals surface area contributed by atoms with Crippen molar-refractivity contribution in [2.24, 2.45) is 7.05 Å². The minimum Gasteiger partial charge on any atom is -0.479 e. The fourth-order valence-corrected chi connectivity index (χ4v) is 4.19. The van der Waals surface area contributed by atoms with Crippen LogP contribution >= 0.6 is 11.3 Å². The average molecular weight is 411 g/mol. The number of aryl methyl sites for hydroxylation is 3. The van der Waals surface area contributed by atoms with Gasteiger partial charge in [-0.25, -0.2) is 9.67 Å². The Kier molecular flexibility index (Phi) is 5.06. The van der Waals surface area contributed by atoms with Crippen molar-refractivity contribution >= 4 is 34.1 Å². The summed E-state index contributed by atoms with van der Waals surface area (Å²) in [5.41, 5.74) is 4.65. The van der Waals surface area contributed by atoms with Crippen LogP contribution in [0.5, 0.6) is 5.88 Å². The lowest BCUT2D eigenvalue weighted by Crippen LogP contribution is -2.13. The molecule has 0 aliphatic heterocycles. The first-order valence-corrected chi connectivity index (χ1v) is 10.1. The van der Waals surface area contributed by atoms with Crippen molar-refractivity contribution in [3.05, 3.63) is 40.4 Å². The van der Waals surface area contributed by atoms with Gasteiger partial charge >= 0.3 is 0 Å². The molecule has 0 saturated carbocycles. The van der Waals surface area contributed by atoms with Crippen molar-refractivity contribution in [2.75, 3.05) is 12.4 Å². The zero-order valence-electron chi connectivity index (χ0n) is 16.7. The van der Waals surface area contributed by atoms with Gasteiger partial charge in [-0.05, 0) is 42.8 Å². The molecule has 0 bridgehead atoms. The Hall–Kier alpha value is -3.20. The zero-order valence-corrected chi connectivity index (χ0v) is 17.6. The first-order valence-electron chi connectivity index (χ1n) is 9.23. The normalized spacial score (nSPS) is 11.2. The molecule has 4 aromatic rings. The number of nitrogens with zero attached hydrogens (tertiary/aromatic N) is 4. The number of hydrogen-bond donors (Lipinski definition) is 2. The molecule has 0 aliphatic rings. The molecular weight excluding hydrogens is 388 g/mol. The Labute approximate surface area is 171 Å². The van der Waals surface area contributed by atoms with E-state index in [1.54, 1.807) is 23.1 Å². The lowest BCUT2D eigenvalue weighted by molar-refractivity contribution is -0.116. The summed E-state index contributed by atoms with van der Waals surface area (Å²) >= 11 is 1.62. The van der Waals surface area contributed by atoms with E-state index in [2.05, 4.69) is 25.6 Å². The van der Waals surface area contributed by atoms with E-state index in [0.717, 1.165) is 38.4 Å². The van der Waals surface area contributed by atoms with E-state index in [-0.39, 0.29) is 5.91 Å². The van der Waals surface area contributed by atoms with Crippen molar-refractivity contribution in [1.29, 1.82) is 0 Å². The predicted molar refractivity (Wildman–Crippen MR) is 113 cm³/mol. The van der Waals surface area contributed by atoms with Gasteiger partial charge < -0.3 is 10.1 Å². The molecule has 0 atom stereocenters. The lowest BCUT2D eigenvalue weighted by atomic mass is 10.00. The third-order valence-electron chi connectivity index (χ3n) is 4.95. The van der Waals surface area contributed by atoms with E-state index in [0.29, 0.717) is 24.5 Å². The molecule has 0 unspecified atom stereocenters. The number of rotatable bonds is 6. The molecule has 0 spiro atoms. The van der Waals surface area contributed by atoms with Crippen LogP contribution in [0.1, 0.15) is 23.2 Å². The van der Waals surface area contributed by atoms with Crippen LogP contribution in [-0.4, -0.2) is 38.0 Å². The molecule has 0 radical (unpaired) electrons. The molecule has 0 fully saturated rings. The Morgan fingerprint density at radius 1 is 1.38 bits per heavy atom. The van der Waals surface area contributed by atoms with E-state index in [1.807, 2.05) is 44.5 Å². The third-order valence-corrected chi connectivity index (χ3v) is 5.85. The molecule has 4 aromatic heterocycles. The molecule has 8 nitrogen and oxygen atoms in total. The van der Waals surface area contributed by atoms with Gasteiger partial charge in [0, 0.05) is 25.2 Å². The number of fused-ring (bicyclic) bond motifs is 1. The number of pyridine rings is 1. The van der Waals surface area contributed by atoms with E-state index in [4.69, 9.17) is 4.74 Å². The van der Waals surface area contributed by atoms with Gasteiger partial charge in [0.15, 0.2) is 11.5 Å². The predicted octanol–water partition coefficient (Wildman–Crippen LogP) is 3.62. The zero-order chi connectivity index (χ0) is 20.5. The second-order valence-electron chi connectivity index (χ2n) is 6.82. The van der Waals surface area contributed by atoms with Crippen molar-refractivity contribution in [3.63, 3.8) is 0 Å².